The van der Waals surface area contributed by atoms with Crippen LogP contribution in [-0.4, -0.2) is 89.3 Å². The molecule has 6 heterocycles. The van der Waals surface area contributed by atoms with Gasteiger partial charge in [0.05, 0.1) is 19.0 Å². The number of aromatic nitrogens is 6. The number of ether oxygens (including phenoxy) is 1. The van der Waals surface area contributed by atoms with Crippen LogP contribution in [0.3, 0.4) is 0 Å². The zero-order valence-electron chi connectivity index (χ0n) is 38.3. The first-order valence-electron chi connectivity index (χ1n) is 21.2. The van der Waals surface area contributed by atoms with Gasteiger partial charge in [0, 0.05) is 44.4 Å². The fourth-order valence-electron chi connectivity index (χ4n) is 8.19. The van der Waals surface area contributed by atoms with E-state index in [1.54, 1.807) is 6.07 Å². The van der Waals surface area contributed by atoms with Crippen molar-refractivity contribution in [3.63, 3.8) is 0 Å². The molecule has 6 N–H and O–H groups in total. The van der Waals surface area contributed by atoms with Crippen LogP contribution in [0, 0.1) is 23.6 Å². The van der Waals surface area contributed by atoms with Gasteiger partial charge in [0.15, 0.2) is 27.3 Å². The van der Waals surface area contributed by atoms with E-state index >= 15 is 0 Å². The second-order valence-corrected chi connectivity index (χ2v) is 22.0. The summed E-state index contributed by atoms with van der Waals surface area (Å²) in [5.41, 5.74) is 10.4. The lowest BCUT2D eigenvalue weighted by molar-refractivity contribution is 0.0967. The molecule has 5 aromatic rings. The monoisotopic (exact) mass is 992 g/mol. The minimum absolute atomic E-state index is 0. The second kappa shape index (κ2) is 19.5. The van der Waals surface area contributed by atoms with Crippen molar-refractivity contribution in [3.05, 3.63) is 89.3 Å². The molecule has 0 bridgehead atoms. The number of halogens is 2. The first kappa shape index (κ1) is 50.2. The Hall–Kier alpha value is -6.26. The summed E-state index contributed by atoms with van der Waals surface area (Å²) in [6.45, 7) is 18.1. The Morgan fingerprint density at radius 2 is 1.33 bits per heavy atom. The molecule has 19 nitrogen and oxygen atoms in total. The fourth-order valence-corrected chi connectivity index (χ4v) is 10.2. The first-order valence-corrected chi connectivity index (χ1v) is 24.6. The van der Waals surface area contributed by atoms with E-state index in [1.807, 2.05) is 42.0 Å². The fraction of sp³-hybridized carbons (Fsp3) is 0.409. The summed E-state index contributed by atoms with van der Waals surface area (Å²) in [6.07, 6.45) is 4.44. The third-order valence-electron chi connectivity index (χ3n) is 10.8. The Bertz CT molecular complexity index is 2940. The highest BCUT2D eigenvalue weighted by atomic mass is 35.5. The average Bonchev–Trinajstić information content (AvgIpc) is 3.68. The van der Waals surface area contributed by atoms with Crippen LogP contribution in [0.15, 0.2) is 77.0 Å². The molecule has 1 aromatic carbocycles. The van der Waals surface area contributed by atoms with Crippen molar-refractivity contribution in [1.82, 2.24) is 39.3 Å². The summed E-state index contributed by atoms with van der Waals surface area (Å²) < 4.78 is 75.2. The number of nitrogens with one attached hydrogen (secondary N) is 2. The van der Waals surface area contributed by atoms with Gasteiger partial charge < -0.3 is 26.0 Å². The molecular weight excluding hydrogens is 927 g/mol. The van der Waals surface area contributed by atoms with E-state index in [-0.39, 0.29) is 81.6 Å². The van der Waals surface area contributed by atoms with E-state index in [1.165, 1.54) is 60.9 Å². The number of amides is 2. The van der Waals surface area contributed by atoms with Crippen molar-refractivity contribution in [2.24, 2.45) is 17.8 Å². The molecule has 370 valence electrons. The SMILES string of the molecule is CC(C)COc1cc(F)cc(-c2nc(N3C[C@@H](C)CC3(C)C)cnc2C(=O)NS(=O)(=O)c2cccc(N)n2)c1.C[C@@H]1CN(c2nc(Cl)cnc2C(=O)NS(=O)(=O)c2cccc(N)n2)C(C)(C)C1.[HH].[HH].[HH].[HH].[HH].[HH]. The maximum atomic E-state index is 14.7. The summed E-state index contributed by atoms with van der Waals surface area (Å²) >= 11 is 6.00. The zero-order chi connectivity index (χ0) is 49.2. The van der Waals surface area contributed by atoms with E-state index in [9.17, 15) is 30.8 Å². The van der Waals surface area contributed by atoms with E-state index in [4.69, 9.17) is 32.8 Å². The minimum atomic E-state index is -4.38. The van der Waals surface area contributed by atoms with E-state index in [0.29, 0.717) is 37.4 Å². The number of hydrogen-bond acceptors (Lipinski definition) is 17. The predicted octanol–water partition coefficient (Wildman–Crippen LogP) is 7.36. The predicted molar refractivity (Wildman–Crippen MR) is 264 cm³/mol. The van der Waals surface area contributed by atoms with E-state index in [2.05, 4.69) is 57.5 Å². The summed E-state index contributed by atoms with van der Waals surface area (Å²) in [7, 11) is -8.61. The minimum Gasteiger partial charge on any atom is -0.493 e. The molecule has 2 atom stereocenters. The van der Waals surface area contributed by atoms with Crippen molar-refractivity contribution in [1.29, 1.82) is 0 Å². The normalized spacial score (nSPS) is 17.7. The van der Waals surface area contributed by atoms with Gasteiger partial charge in [0.2, 0.25) is 0 Å². The van der Waals surface area contributed by atoms with Gasteiger partial charge in [-0.15, -0.1) is 0 Å². The Kier molecular flexibility index (Phi) is 14.6. The lowest BCUT2D eigenvalue weighted by atomic mass is 9.97. The maximum Gasteiger partial charge on any atom is 0.287 e. The molecule has 2 aliphatic heterocycles. The van der Waals surface area contributed by atoms with Crippen LogP contribution in [0.2, 0.25) is 5.15 Å². The van der Waals surface area contributed by atoms with Crippen LogP contribution in [0.25, 0.3) is 11.3 Å². The molecule has 2 aliphatic rings. The number of rotatable bonds is 12. The van der Waals surface area contributed by atoms with Gasteiger partial charge in [-0.25, -0.2) is 43.7 Å². The average molecular weight is 994 g/mol. The molecule has 67 heavy (non-hydrogen) atoms. The second-order valence-electron chi connectivity index (χ2n) is 18.3. The number of benzene rings is 1. The van der Waals surface area contributed by atoms with Gasteiger partial charge in [-0.1, -0.05) is 51.4 Å². The number of carbonyl (C=O) groups is 2. The number of carbonyl (C=O) groups excluding carboxylic acids is 2. The van der Waals surface area contributed by atoms with Crippen LogP contribution in [0.4, 0.5) is 27.7 Å². The van der Waals surface area contributed by atoms with Gasteiger partial charge in [0.25, 0.3) is 31.9 Å². The number of nitrogens with two attached hydrogens (primary N) is 2. The molecule has 0 unspecified atom stereocenters. The van der Waals surface area contributed by atoms with E-state index in [0.717, 1.165) is 12.8 Å². The van der Waals surface area contributed by atoms with Crippen molar-refractivity contribution >= 4 is 66.7 Å². The number of nitrogens with zero attached hydrogens (tertiary/aromatic N) is 8. The number of pyridine rings is 2. The molecule has 2 amide bonds. The van der Waals surface area contributed by atoms with Crippen LogP contribution in [0.5, 0.6) is 5.75 Å². The summed E-state index contributed by atoms with van der Waals surface area (Å²) in [5, 5.41) is -0.674. The van der Waals surface area contributed by atoms with Crippen LogP contribution >= 0.6 is 11.6 Å². The van der Waals surface area contributed by atoms with Gasteiger partial charge in [-0.3, -0.25) is 9.59 Å². The smallest absolute Gasteiger partial charge is 0.287 e. The van der Waals surface area contributed by atoms with Gasteiger partial charge >= 0.3 is 0 Å². The molecule has 23 heteroatoms. The Morgan fingerprint density at radius 1 is 0.806 bits per heavy atom. The van der Waals surface area contributed by atoms with Crippen LogP contribution < -0.4 is 35.4 Å². The molecule has 2 saturated heterocycles. The van der Waals surface area contributed by atoms with Gasteiger partial charge in [0.1, 0.15) is 39.9 Å². The van der Waals surface area contributed by atoms with Crippen molar-refractivity contribution in [2.75, 3.05) is 41.0 Å². The lowest BCUT2D eigenvalue weighted by Gasteiger charge is -2.33. The molecule has 2 fully saturated rings. The van der Waals surface area contributed by atoms with Crippen LogP contribution in [-0.2, 0) is 20.0 Å². The molecule has 0 saturated carbocycles. The lowest BCUT2D eigenvalue weighted by Crippen LogP contribution is -2.41. The number of nitrogen functional groups attached to an aromatic ring is 2. The molecule has 0 spiro atoms. The number of sulfonamides is 2. The Balaban J connectivity index is 0.00000137. The standard InChI is InChI=1S/C27H33FN6O4S.C17H21ClN6O3S.6H2/c1-16(2)15-38-20-10-18(9-19(28)11-20)24-25(26(35)33-39(36,37)23-8-6-7-21(29)31-23)30-13-22(32-24)34-14-17(3)12-27(34,4)5;1-10-7-17(2,3)24(9-10)15-14(20-8-11(18)21-15)16(25)23-28(26,27)13-6-4-5-12(19)22-13;;;;;;/h6-11,13,16-17H,12,14-15H2,1-5H3,(H2,29,31)(H,33,35);4-6,8,10H,7,9H2,1-3H3,(H2,19,22)(H,23,25);6*1H/t17-;10-;;;;;;/m00....../s1. The van der Waals surface area contributed by atoms with Crippen molar-refractivity contribution < 1.29 is 44.1 Å². The van der Waals surface area contributed by atoms with Gasteiger partial charge in [-0.2, -0.15) is 16.8 Å². The number of anilines is 4. The summed E-state index contributed by atoms with van der Waals surface area (Å²) in [4.78, 5) is 55.0. The topological polar surface area (TPSA) is 272 Å². The van der Waals surface area contributed by atoms with Gasteiger partial charge in [-0.05, 0) is 94.7 Å². The quantitative estimate of drug-likeness (QED) is 0.0950. The first-order chi connectivity index (χ1) is 31.2. The molecule has 0 aliphatic carbocycles. The number of hydrogen-bond donors (Lipinski definition) is 4. The highest BCUT2D eigenvalue weighted by molar-refractivity contribution is 7.90. The van der Waals surface area contributed by atoms with E-state index < -0.39 is 42.7 Å². The third-order valence-corrected chi connectivity index (χ3v) is 13.5. The Labute approximate surface area is 403 Å². The maximum absolute atomic E-state index is 14.7. The molecule has 0 radical (unpaired) electrons. The molecule has 4 aromatic heterocycles. The zero-order valence-corrected chi connectivity index (χ0v) is 40.7. The highest BCUT2D eigenvalue weighted by Gasteiger charge is 2.40. The van der Waals surface area contributed by atoms with Crippen molar-refractivity contribution in [2.45, 2.75) is 89.4 Å². The van der Waals surface area contributed by atoms with Crippen LogP contribution in [0.1, 0.15) is 97.8 Å². The third kappa shape index (κ3) is 12.0. The Morgan fingerprint density at radius 3 is 1.84 bits per heavy atom. The molecular formula is C44H66ClFN12O7S2. The summed E-state index contributed by atoms with van der Waals surface area (Å²) in [5.74, 6) is -0.607. The largest absolute Gasteiger partial charge is 0.493 e. The molecule has 7 rings (SSSR count). The highest BCUT2D eigenvalue weighted by Crippen LogP contribution is 2.39. The van der Waals surface area contributed by atoms with Crippen molar-refractivity contribution in [3.8, 4) is 17.0 Å². The summed E-state index contributed by atoms with van der Waals surface area (Å²) in [6, 6.07) is 12.2.